The Kier molecular flexibility index (Phi) is 25.8. The molecule has 6 aliphatic rings. The van der Waals surface area contributed by atoms with E-state index in [1.54, 1.807) is 42.7 Å². The molecular formula is C46H76O12Si2. The average Bonchev–Trinajstić information content (AvgIpc) is 4.08. The molecule has 14 heteroatoms. The summed E-state index contributed by atoms with van der Waals surface area (Å²) < 4.78 is 39.9. The van der Waals surface area contributed by atoms with Gasteiger partial charge in [-0.1, -0.05) is 67.3 Å². The minimum Gasteiger partial charge on any atom is -0.481 e. The number of carbonyl (C=O) groups is 2. The SMILES string of the molecule is C1=CC2C3C=CC(C3)C2C1.C1=CCC=C1.C=C(O)OC(=O)C(=C)C.C=C(O)OC(=O)C1(C)CC2C=CC1C2.COCCC[Si](C)(OC)OC.COCCC[Si](C)(OC)OC. The first-order valence-electron chi connectivity index (χ1n) is 20.8. The highest BCUT2D eigenvalue weighted by atomic mass is 28.4. The highest BCUT2D eigenvalue weighted by Crippen LogP contribution is 2.53. The van der Waals surface area contributed by atoms with Crippen molar-refractivity contribution in [2.75, 3.05) is 55.9 Å². The molecule has 0 radical (unpaired) electrons. The van der Waals surface area contributed by atoms with Crippen LogP contribution >= 0.6 is 0 Å². The first-order valence-corrected chi connectivity index (χ1v) is 25.8. The molecule has 2 N–H and O–H groups in total. The quantitative estimate of drug-likeness (QED) is 0.0380. The third-order valence-corrected chi connectivity index (χ3v) is 17.7. The van der Waals surface area contributed by atoms with Crippen molar-refractivity contribution in [2.24, 2.45) is 40.9 Å². The minimum absolute atomic E-state index is 0.227. The van der Waals surface area contributed by atoms with Crippen LogP contribution in [-0.2, 0) is 46.2 Å². The summed E-state index contributed by atoms with van der Waals surface area (Å²) in [4.78, 5) is 22.1. The number of carbonyl (C=O) groups excluding carboxylic acids is 2. The van der Waals surface area contributed by atoms with Crippen LogP contribution in [0.2, 0.25) is 25.2 Å². The normalized spacial score (nSPS) is 25.2. The summed E-state index contributed by atoms with van der Waals surface area (Å²) in [5.74, 6) is 2.45. The fourth-order valence-electron chi connectivity index (χ4n) is 7.76. The van der Waals surface area contributed by atoms with E-state index in [4.69, 9.17) is 37.4 Å². The maximum Gasteiger partial charge on any atom is 0.340 e. The van der Waals surface area contributed by atoms with E-state index >= 15 is 0 Å². The third kappa shape index (κ3) is 19.1. The van der Waals surface area contributed by atoms with Crippen molar-refractivity contribution in [3.8, 4) is 0 Å². The Labute approximate surface area is 363 Å². The summed E-state index contributed by atoms with van der Waals surface area (Å²) in [6.07, 6.45) is 30.1. The molecule has 0 aliphatic heterocycles. The summed E-state index contributed by atoms with van der Waals surface area (Å²) in [7, 11) is 6.63. The van der Waals surface area contributed by atoms with Crippen LogP contribution in [0.4, 0.5) is 0 Å². The van der Waals surface area contributed by atoms with Gasteiger partial charge in [-0.25, -0.2) is 4.79 Å². The molecule has 0 saturated heterocycles. The Morgan fingerprint density at radius 3 is 1.58 bits per heavy atom. The third-order valence-electron chi connectivity index (χ3n) is 11.7. The molecule has 0 aromatic carbocycles. The lowest BCUT2D eigenvalue weighted by Gasteiger charge is -2.28. The van der Waals surface area contributed by atoms with Gasteiger partial charge in [-0.3, -0.25) is 4.79 Å². The maximum absolute atomic E-state index is 11.7. The molecule has 6 rings (SSSR count). The van der Waals surface area contributed by atoms with Gasteiger partial charge in [0.2, 0.25) is 0 Å². The monoisotopic (exact) mass is 876 g/mol. The van der Waals surface area contributed by atoms with Crippen molar-refractivity contribution in [3.63, 3.8) is 0 Å². The maximum atomic E-state index is 11.7. The average molecular weight is 877 g/mol. The topological polar surface area (TPSA) is 148 Å². The zero-order valence-electron chi connectivity index (χ0n) is 38.1. The Morgan fingerprint density at radius 1 is 0.717 bits per heavy atom. The van der Waals surface area contributed by atoms with Crippen molar-refractivity contribution >= 4 is 29.1 Å². The lowest BCUT2D eigenvalue weighted by molar-refractivity contribution is -0.156. The Balaban J connectivity index is 0.000000367. The predicted molar refractivity (Wildman–Crippen MR) is 242 cm³/mol. The number of allylic oxidation sites excluding steroid dienone is 10. The lowest BCUT2D eigenvalue weighted by atomic mass is 9.78. The van der Waals surface area contributed by atoms with Crippen LogP contribution in [0.5, 0.6) is 0 Å². The van der Waals surface area contributed by atoms with Crippen LogP contribution in [-0.4, -0.2) is 95.1 Å². The van der Waals surface area contributed by atoms with E-state index in [1.165, 1.54) is 19.8 Å². The van der Waals surface area contributed by atoms with Gasteiger partial charge >= 0.3 is 29.1 Å². The summed E-state index contributed by atoms with van der Waals surface area (Å²) >= 11 is 0. The number of methoxy groups -OCH3 is 2. The smallest absolute Gasteiger partial charge is 0.340 e. The molecule has 7 unspecified atom stereocenters. The van der Waals surface area contributed by atoms with Crippen LogP contribution < -0.4 is 0 Å². The van der Waals surface area contributed by atoms with Crippen LogP contribution in [0, 0.1) is 40.9 Å². The first kappa shape index (κ1) is 54.7. The van der Waals surface area contributed by atoms with Crippen molar-refractivity contribution in [1.29, 1.82) is 0 Å². The van der Waals surface area contributed by atoms with E-state index < -0.39 is 40.4 Å². The van der Waals surface area contributed by atoms with Crippen molar-refractivity contribution < 1.29 is 56.5 Å². The number of ether oxygens (including phenoxy) is 4. The van der Waals surface area contributed by atoms with E-state index in [1.807, 2.05) is 6.92 Å². The van der Waals surface area contributed by atoms with Crippen LogP contribution in [0.25, 0.3) is 0 Å². The van der Waals surface area contributed by atoms with Crippen molar-refractivity contribution in [3.05, 3.63) is 98.0 Å². The number of fused-ring (bicyclic) bond motifs is 7. The van der Waals surface area contributed by atoms with Crippen molar-refractivity contribution in [1.82, 2.24) is 0 Å². The molecule has 6 aliphatic carbocycles. The second kappa shape index (κ2) is 28.3. The summed E-state index contributed by atoms with van der Waals surface area (Å²) in [5.41, 5.74) is -0.240. The first-order chi connectivity index (χ1) is 28.4. The number of hydrogen-bond donors (Lipinski definition) is 2. The summed E-state index contributed by atoms with van der Waals surface area (Å²) in [6, 6.07) is 1.99. The molecule has 4 bridgehead atoms. The molecule has 0 aromatic rings. The Bertz CT molecular complexity index is 1460. The van der Waals surface area contributed by atoms with Crippen LogP contribution in [0.1, 0.15) is 58.8 Å². The molecule has 0 aromatic heterocycles. The van der Waals surface area contributed by atoms with Gasteiger partial charge in [-0.15, -0.1) is 0 Å². The van der Waals surface area contributed by atoms with Gasteiger partial charge in [0, 0.05) is 61.4 Å². The van der Waals surface area contributed by atoms with E-state index in [2.05, 4.69) is 103 Å². The Morgan fingerprint density at radius 2 is 1.23 bits per heavy atom. The minimum atomic E-state index is -1.81. The number of esters is 2. The summed E-state index contributed by atoms with van der Waals surface area (Å²) in [5, 5.41) is 17.1. The standard InChI is InChI=1S/C11H14O3.C10H12.2C7H18O3Si.C6H8O3.C5H6/c1-7(12)14-10(13)11(2)6-8-3-4-9(11)5-8;1-2-9-7-4-5-8(6-7)10(9)3-1;2*1-8-6-5-7-11(4,9-2)10-3;1-4(2)6(8)9-5(3)7;1-2-4-5-3-1/h3-4,8-9,12H,1,5-6H2,2H3;1-2,4-5,7-10H,3,6H2;2*5-7H2,1-4H3;7H,1,3H2,2H3;1-4H,5H2. The number of rotatable bonds is 16. The van der Waals surface area contributed by atoms with Crippen LogP contribution in [0.15, 0.2) is 98.0 Å². The second-order valence-corrected chi connectivity index (χ2v) is 23.3. The van der Waals surface area contributed by atoms with Gasteiger partial charge in [0.1, 0.15) is 0 Å². The van der Waals surface area contributed by atoms with E-state index in [-0.39, 0.29) is 17.5 Å². The fraction of sp³-hybridized carbons (Fsp3) is 0.609. The largest absolute Gasteiger partial charge is 0.481 e. The molecular weight excluding hydrogens is 801 g/mol. The molecule has 2 fully saturated rings. The van der Waals surface area contributed by atoms with Gasteiger partial charge in [0.15, 0.2) is 0 Å². The van der Waals surface area contributed by atoms with Crippen molar-refractivity contribution in [2.45, 2.75) is 84.0 Å². The van der Waals surface area contributed by atoms with Gasteiger partial charge in [-0.05, 0) is 133 Å². The number of aliphatic hydroxyl groups excluding tert-OH is 2. The zero-order chi connectivity index (χ0) is 45.4. The molecule has 2 saturated carbocycles. The number of hydrogen-bond acceptors (Lipinski definition) is 12. The summed E-state index contributed by atoms with van der Waals surface area (Å²) in [6.45, 7) is 18.4. The molecule has 7 atom stereocenters. The molecule has 12 nitrogen and oxygen atoms in total. The van der Waals surface area contributed by atoms with Gasteiger partial charge in [0.05, 0.1) is 5.41 Å². The number of aliphatic hydroxyl groups is 2. The van der Waals surface area contributed by atoms with E-state index in [0.29, 0.717) is 5.92 Å². The predicted octanol–water partition coefficient (Wildman–Crippen LogP) is 9.96. The molecule has 0 heterocycles. The highest BCUT2D eigenvalue weighted by molar-refractivity contribution is 6.66. The molecule has 340 valence electrons. The van der Waals surface area contributed by atoms with E-state index in [9.17, 15) is 9.59 Å². The van der Waals surface area contributed by atoms with Gasteiger partial charge in [-0.2, -0.15) is 0 Å². The zero-order valence-corrected chi connectivity index (χ0v) is 40.1. The van der Waals surface area contributed by atoms with E-state index in [0.717, 1.165) is 81.1 Å². The van der Waals surface area contributed by atoms with Gasteiger partial charge < -0.3 is 46.9 Å². The molecule has 0 spiro atoms. The van der Waals surface area contributed by atoms with Crippen LogP contribution in [0.3, 0.4) is 0 Å². The highest BCUT2D eigenvalue weighted by Gasteiger charge is 2.51. The molecule has 0 amide bonds. The second-order valence-electron chi connectivity index (χ2n) is 16.2. The molecule has 60 heavy (non-hydrogen) atoms. The fourth-order valence-corrected chi connectivity index (χ4v) is 10.5. The lowest BCUT2D eigenvalue weighted by Crippen LogP contribution is -2.36. The van der Waals surface area contributed by atoms with Gasteiger partial charge in [0.25, 0.3) is 11.9 Å². The Hall–Kier alpha value is -3.35.